The van der Waals surface area contributed by atoms with Gasteiger partial charge in [-0.25, -0.2) is 0 Å². The van der Waals surface area contributed by atoms with Gasteiger partial charge in [0.15, 0.2) is 0 Å². The molecule has 0 saturated carbocycles. The number of hydrogen-bond acceptors (Lipinski definition) is 3. The van der Waals surface area contributed by atoms with Crippen molar-refractivity contribution in [3.8, 4) is 5.75 Å². The van der Waals surface area contributed by atoms with Crippen molar-refractivity contribution in [1.82, 2.24) is 0 Å². The zero-order valence-electron chi connectivity index (χ0n) is 11.7. The number of hydrogen-bond donors (Lipinski definition) is 2. The third-order valence-corrected chi connectivity index (χ3v) is 3.12. The lowest BCUT2D eigenvalue weighted by atomic mass is 10.2. The van der Waals surface area contributed by atoms with Crippen LogP contribution in [-0.4, -0.2) is 18.4 Å². The molecular formula is C16H15ClN2O3. The van der Waals surface area contributed by atoms with Crippen LogP contribution in [0.15, 0.2) is 48.5 Å². The summed E-state index contributed by atoms with van der Waals surface area (Å²) in [6.07, 6.45) is 0.209. The maximum atomic E-state index is 11.8. The van der Waals surface area contributed by atoms with Crippen molar-refractivity contribution in [3.05, 3.63) is 59.1 Å². The van der Waals surface area contributed by atoms with Crippen LogP contribution in [0, 0.1) is 0 Å². The van der Waals surface area contributed by atoms with E-state index in [9.17, 15) is 9.59 Å². The lowest BCUT2D eigenvalue weighted by Gasteiger charge is -2.07. The first kappa shape index (κ1) is 15.9. The van der Waals surface area contributed by atoms with Crippen molar-refractivity contribution in [1.29, 1.82) is 0 Å². The molecule has 22 heavy (non-hydrogen) atoms. The molecule has 2 rings (SSSR count). The van der Waals surface area contributed by atoms with Crippen LogP contribution >= 0.6 is 11.6 Å². The first-order valence-corrected chi connectivity index (χ1v) is 7.00. The Hall–Kier alpha value is -2.53. The maximum Gasteiger partial charge on any atom is 0.248 e. The van der Waals surface area contributed by atoms with Gasteiger partial charge in [-0.2, -0.15) is 0 Å². The summed E-state index contributed by atoms with van der Waals surface area (Å²) in [6.45, 7) is 0.257. The van der Waals surface area contributed by atoms with E-state index in [1.807, 2.05) is 0 Å². The van der Waals surface area contributed by atoms with Crippen LogP contribution in [0.2, 0.25) is 5.02 Å². The largest absolute Gasteiger partial charge is 0.493 e. The van der Waals surface area contributed by atoms with Crippen molar-refractivity contribution < 1.29 is 14.3 Å². The number of anilines is 1. The molecule has 0 atom stereocenters. The number of carbonyl (C=O) groups excluding carboxylic acids is 2. The number of ether oxygens (including phenoxy) is 1. The Balaban J connectivity index is 1.77. The molecular weight excluding hydrogens is 304 g/mol. The lowest BCUT2D eigenvalue weighted by Crippen LogP contribution is -2.15. The van der Waals surface area contributed by atoms with Gasteiger partial charge in [0.05, 0.1) is 13.0 Å². The van der Waals surface area contributed by atoms with Gasteiger partial charge in [-0.15, -0.1) is 0 Å². The van der Waals surface area contributed by atoms with Gasteiger partial charge in [0.1, 0.15) is 5.75 Å². The molecule has 0 spiro atoms. The first-order chi connectivity index (χ1) is 10.5. The van der Waals surface area contributed by atoms with E-state index < -0.39 is 5.91 Å². The lowest BCUT2D eigenvalue weighted by molar-refractivity contribution is -0.116. The number of primary amides is 1. The van der Waals surface area contributed by atoms with Crippen LogP contribution in [-0.2, 0) is 4.79 Å². The van der Waals surface area contributed by atoms with Gasteiger partial charge in [-0.1, -0.05) is 11.6 Å². The number of benzene rings is 2. The number of rotatable bonds is 6. The first-order valence-electron chi connectivity index (χ1n) is 6.62. The molecule has 2 aromatic rings. The van der Waals surface area contributed by atoms with E-state index in [-0.39, 0.29) is 18.9 Å². The standard InChI is InChI=1S/C16H15ClN2O3/c17-12-3-7-14(8-4-12)22-10-9-15(20)19-13-5-1-11(2-6-13)16(18)21/h1-8H,9-10H2,(H2,18,21)(H,19,20). The molecule has 0 aromatic heterocycles. The van der Waals surface area contributed by atoms with Crippen LogP contribution in [0.3, 0.4) is 0 Å². The van der Waals surface area contributed by atoms with E-state index in [1.54, 1.807) is 48.5 Å². The Morgan fingerprint density at radius 1 is 1.05 bits per heavy atom. The molecule has 6 heteroatoms. The number of carbonyl (C=O) groups is 2. The average molecular weight is 319 g/mol. The quantitative estimate of drug-likeness (QED) is 0.859. The molecule has 0 bridgehead atoms. The summed E-state index contributed by atoms with van der Waals surface area (Å²) in [6, 6.07) is 13.3. The Kier molecular flexibility index (Phi) is 5.38. The van der Waals surface area contributed by atoms with E-state index in [0.717, 1.165) is 0 Å². The molecule has 0 heterocycles. The zero-order valence-corrected chi connectivity index (χ0v) is 12.5. The van der Waals surface area contributed by atoms with Gasteiger partial charge >= 0.3 is 0 Å². The van der Waals surface area contributed by atoms with Crippen LogP contribution in [0.25, 0.3) is 0 Å². The highest BCUT2D eigenvalue weighted by Gasteiger charge is 2.04. The monoisotopic (exact) mass is 318 g/mol. The van der Waals surface area contributed by atoms with Crippen molar-refractivity contribution in [2.75, 3.05) is 11.9 Å². The van der Waals surface area contributed by atoms with E-state index >= 15 is 0 Å². The van der Waals surface area contributed by atoms with Crippen molar-refractivity contribution in [2.45, 2.75) is 6.42 Å². The zero-order chi connectivity index (χ0) is 15.9. The van der Waals surface area contributed by atoms with Gasteiger partial charge in [-0.05, 0) is 48.5 Å². The Morgan fingerprint density at radius 3 is 2.27 bits per heavy atom. The molecule has 0 unspecified atom stereocenters. The third-order valence-electron chi connectivity index (χ3n) is 2.86. The van der Waals surface area contributed by atoms with Gasteiger partial charge < -0.3 is 15.8 Å². The normalized spacial score (nSPS) is 10.0. The summed E-state index contributed by atoms with van der Waals surface area (Å²) >= 11 is 5.77. The predicted molar refractivity (Wildman–Crippen MR) is 85.2 cm³/mol. The highest BCUT2D eigenvalue weighted by atomic mass is 35.5. The summed E-state index contributed by atoms with van der Waals surface area (Å²) in [4.78, 5) is 22.7. The summed E-state index contributed by atoms with van der Waals surface area (Å²) in [5.41, 5.74) is 6.14. The van der Waals surface area contributed by atoms with E-state index in [1.165, 1.54) is 0 Å². The van der Waals surface area contributed by atoms with Crippen LogP contribution in [0.1, 0.15) is 16.8 Å². The minimum Gasteiger partial charge on any atom is -0.493 e. The minimum atomic E-state index is -0.505. The fourth-order valence-corrected chi connectivity index (χ4v) is 1.86. The van der Waals surface area contributed by atoms with Gasteiger partial charge in [0, 0.05) is 16.3 Å². The SMILES string of the molecule is NC(=O)c1ccc(NC(=O)CCOc2ccc(Cl)cc2)cc1. The molecule has 2 aromatic carbocycles. The average Bonchev–Trinajstić information content (AvgIpc) is 2.50. The second-order valence-corrected chi connectivity index (χ2v) is 4.98. The molecule has 0 aliphatic carbocycles. The summed E-state index contributed by atoms with van der Waals surface area (Å²) < 4.78 is 5.44. The van der Waals surface area contributed by atoms with E-state index in [4.69, 9.17) is 22.1 Å². The fourth-order valence-electron chi connectivity index (χ4n) is 1.73. The third kappa shape index (κ3) is 4.79. The number of amides is 2. The summed E-state index contributed by atoms with van der Waals surface area (Å²) in [7, 11) is 0. The molecule has 5 nitrogen and oxygen atoms in total. The molecule has 0 aliphatic heterocycles. The Bertz CT molecular complexity index is 654. The smallest absolute Gasteiger partial charge is 0.248 e. The van der Waals surface area contributed by atoms with Crippen molar-refractivity contribution in [2.24, 2.45) is 5.73 Å². The van der Waals surface area contributed by atoms with Crippen molar-refractivity contribution in [3.63, 3.8) is 0 Å². The minimum absolute atomic E-state index is 0.180. The number of nitrogens with one attached hydrogen (secondary N) is 1. The highest BCUT2D eigenvalue weighted by Crippen LogP contribution is 2.15. The van der Waals surface area contributed by atoms with E-state index in [2.05, 4.69) is 5.32 Å². The van der Waals surface area contributed by atoms with E-state index in [0.29, 0.717) is 22.0 Å². The number of nitrogens with two attached hydrogens (primary N) is 1. The molecule has 114 valence electrons. The van der Waals surface area contributed by atoms with Crippen LogP contribution in [0.4, 0.5) is 5.69 Å². The number of halogens is 1. The second kappa shape index (κ2) is 7.47. The van der Waals surface area contributed by atoms with Gasteiger partial charge in [0.25, 0.3) is 0 Å². The summed E-state index contributed by atoms with van der Waals surface area (Å²) in [5.74, 6) is -0.0296. The van der Waals surface area contributed by atoms with Crippen LogP contribution in [0.5, 0.6) is 5.75 Å². The van der Waals surface area contributed by atoms with Gasteiger partial charge in [-0.3, -0.25) is 9.59 Å². The molecule has 0 radical (unpaired) electrons. The second-order valence-electron chi connectivity index (χ2n) is 4.54. The Labute approximate surface area is 133 Å². The highest BCUT2D eigenvalue weighted by molar-refractivity contribution is 6.30. The topological polar surface area (TPSA) is 81.4 Å². The molecule has 0 fully saturated rings. The van der Waals surface area contributed by atoms with Crippen molar-refractivity contribution >= 4 is 29.1 Å². The predicted octanol–water partition coefficient (Wildman–Crippen LogP) is 2.85. The van der Waals surface area contributed by atoms with Crippen LogP contribution < -0.4 is 15.8 Å². The fraction of sp³-hybridized carbons (Fsp3) is 0.125. The molecule has 0 aliphatic rings. The molecule has 3 N–H and O–H groups in total. The molecule has 0 saturated heterocycles. The summed E-state index contributed by atoms with van der Waals surface area (Å²) in [5, 5.41) is 3.34. The maximum absolute atomic E-state index is 11.8. The Morgan fingerprint density at radius 2 is 1.68 bits per heavy atom. The van der Waals surface area contributed by atoms with Gasteiger partial charge in [0.2, 0.25) is 11.8 Å². The molecule has 2 amide bonds.